The van der Waals surface area contributed by atoms with Crippen LogP contribution in [0.15, 0.2) is 6.07 Å². The van der Waals surface area contributed by atoms with Crippen LogP contribution in [-0.2, 0) is 12.8 Å². The van der Waals surface area contributed by atoms with Crippen LogP contribution in [0.25, 0.3) is 5.95 Å². The van der Waals surface area contributed by atoms with E-state index in [-0.39, 0.29) is 0 Å². The maximum Gasteiger partial charge on any atom is 0.252 e. The normalized spacial score (nSPS) is 14.6. The van der Waals surface area contributed by atoms with Crippen molar-refractivity contribution < 1.29 is 0 Å². The number of hydrogen-bond acceptors (Lipinski definition) is 4. The quantitative estimate of drug-likeness (QED) is 0.828. The monoisotopic (exact) mass is 243 g/mol. The highest BCUT2D eigenvalue weighted by atomic mass is 15.4. The van der Waals surface area contributed by atoms with Gasteiger partial charge in [0, 0.05) is 17.0 Å². The minimum absolute atomic E-state index is 0.583. The smallest absolute Gasteiger partial charge is 0.252 e. The highest BCUT2D eigenvalue weighted by Crippen LogP contribution is 2.26. The summed E-state index contributed by atoms with van der Waals surface area (Å²) in [5.74, 6) is 1.29. The van der Waals surface area contributed by atoms with E-state index in [0.29, 0.717) is 11.8 Å². The number of aromatic nitrogens is 4. The molecular formula is C13H17N5. The summed E-state index contributed by atoms with van der Waals surface area (Å²) in [5.41, 5.74) is 10.3. The van der Waals surface area contributed by atoms with Crippen molar-refractivity contribution in [1.82, 2.24) is 19.7 Å². The summed E-state index contributed by atoms with van der Waals surface area (Å²) in [6, 6.07) is 1.95. The Hall–Kier alpha value is -1.91. The highest BCUT2D eigenvalue weighted by molar-refractivity contribution is 5.48. The van der Waals surface area contributed by atoms with Gasteiger partial charge in [-0.05, 0) is 45.6 Å². The number of hydrogen-bond donors (Lipinski definition) is 1. The fourth-order valence-corrected chi connectivity index (χ4v) is 2.53. The first-order chi connectivity index (χ1) is 8.65. The van der Waals surface area contributed by atoms with Crippen LogP contribution in [0, 0.1) is 13.8 Å². The summed E-state index contributed by atoms with van der Waals surface area (Å²) in [4.78, 5) is 8.84. The molecule has 3 rings (SSSR count). The Morgan fingerprint density at radius 3 is 2.44 bits per heavy atom. The predicted molar refractivity (Wildman–Crippen MR) is 69.7 cm³/mol. The zero-order chi connectivity index (χ0) is 12.7. The van der Waals surface area contributed by atoms with Gasteiger partial charge in [0.2, 0.25) is 0 Å². The van der Waals surface area contributed by atoms with Gasteiger partial charge >= 0.3 is 0 Å². The maximum absolute atomic E-state index is 6.18. The molecule has 1 aliphatic carbocycles. The molecule has 0 aliphatic heterocycles. The molecule has 0 fully saturated rings. The molecule has 1 aliphatic rings. The topological polar surface area (TPSA) is 69.6 Å². The molecule has 18 heavy (non-hydrogen) atoms. The largest absolute Gasteiger partial charge is 0.383 e. The lowest BCUT2D eigenvalue weighted by atomic mass is 9.98. The van der Waals surface area contributed by atoms with E-state index < -0.39 is 0 Å². The fourth-order valence-electron chi connectivity index (χ4n) is 2.53. The SMILES string of the molecule is Cc1cc(C)nc(-n2nc3c(c2N)CCCC3)n1. The van der Waals surface area contributed by atoms with E-state index in [4.69, 9.17) is 5.73 Å². The first-order valence-corrected chi connectivity index (χ1v) is 6.34. The highest BCUT2D eigenvalue weighted by Gasteiger charge is 2.20. The van der Waals surface area contributed by atoms with Crippen LogP contribution >= 0.6 is 0 Å². The molecule has 0 unspecified atom stereocenters. The molecular weight excluding hydrogens is 226 g/mol. The molecule has 2 N–H and O–H groups in total. The number of nitrogen functional groups attached to an aromatic ring is 1. The lowest BCUT2D eigenvalue weighted by Gasteiger charge is -2.08. The number of nitrogens with two attached hydrogens (primary N) is 1. The van der Waals surface area contributed by atoms with Gasteiger partial charge in [-0.2, -0.15) is 9.78 Å². The second-order valence-electron chi connectivity index (χ2n) is 4.88. The average Bonchev–Trinajstić information content (AvgIpc) is 2.66. The fraction of sp³-hybridized carbons (Fsp3) is 0.462. The molecule has 0 atom stereocenters. The van der Waals surface area contributed by atoms with Gasteiger partial charge < -0.3 is 5.73 Å². The average molecular weight is 243 g/mol. The van der Waals surface area contributed by atoms with Gasteiger partial charge in [-0.1, -0.05) is 0 Å². The molecule has 5 nitrogen and oxygen atoms in total. The van der Waals surface area contributed by atoms with Crippen LogP contribution in [0.1, 0.15) is 35.5 Å². The summed E-state index contributed by atoms with van der Waals surface area (Å²) in [6.07, 6.45) is 4.41. The zero-order valence-corrected chi connectivity index (χ0v) is 10.8. The number of aryl methyl sites for hydroxylation is 3. The van der Waals surface area contributed by atoms with E-state index in [1.165, 1.54) is 18.4 Å². The molecule has 2 heterocycles. The molecule has 94 valence electrons. The van der Waals surface area contributed by atoms with Gasteiger partial charge in [0.1, 0.15) is 5.82 Å². The van der Waals surface area contributed by atoms with Gasteiger partial charge in [0.05, 0.1) is 5.69 Å². The molecule has 2 aromatic rings. The Morgan fingerprint density at radius 2 is 1.78 bits per heavy atom. The van der Waals surface area contributed by atoms with Gasteiger partial charge in [0.15, 0.2) is 0 Å². The van der Waals surface area contributed by atoms with E-state index >= 15 is 0 Å². The minimum atomic E-state index is 0.583. The van der Waals surface area contributed by atoms with E-state index in [9.17, 15) is 0 Å². The van der Waals surface area contributed by atoms with Crippen LogP contribution in [-0.4, -0.2) is 19.7 Å². The van der Waals surface area contributed by atoms with Gasteiger partial charge in [-0.3, -0.25) is 0 Å². The van der Waals surface area contributed by atoms with Crippen molar-refractivity contribution in [3.8, 4) is 5.95 Å². The second kappa shape index (κ2) is 4.08. The lowest BCUT2D eigenvalue weighted by Crippen LogP contribution is -2.08. The third-order valence-electron chi connectivity index (χ3n) is 3.36. The van der Waals surface area contributed by atoms with Crippen LogP contribution in [0.4, 0.5) is 5.82 Å². The Bertz CT molecular complexity index is 579. The van der Waals surface area contributed by atoms with E-state index in [1.807, 2.05) is 19.9 Å². The maximum atomic E-state index is 6.18. The van der Waals surface area contributed by atoms with Crippen LogP contribution in [0.2, 0.25) is 0 Å². The summed E-state index contributed by atoms with van der Waals surface area (Å²) in [7, 11) is 0. The van der Waals surface area contributed by atoms with Gasteiger partial charge in [-0.25, -0.2) is 9.97 Å². The summed E-state index contributed by atoms with van der Waals surface area (Å²) < 4.78 is 1.69. The molecule has 2 aromatic heterocycles. The number of fused-ring (bicyclic) bond motifs is 1. The first kappa shape index (κ1) is 11.2. The Balaban J connectivity index is 2.14. The molecule has 0 radical (unpaired) electrons. The van der Waals surface area contributed by atoms with Crippen molar-refractivity contribution in [2.45, 2.75) is 39.5 Å². The van der Waals surface area contributed by atoms with Crippen LogP contribution in [0.5, 0.6) is 0 Å². The van der Waals surface area contributed by atoms with Crippen molar-refractivity contribution in [2.24, 2.45) is 0 Å². The van der Waals surface area contributed by atoms with Gasteiger partial charge in [-0.15, -0.1) is 0 Å². The van der Waals surface area contributed by atoms with Crippen LogP contribution < -0.4 is 5.73 Å². The summed E-state index contributed by atoms with van der Waals surface area (Å²) in [6.45, 7) is 3.91. The minimum Gasteiger partial charge on any atom is -0.383 e. The predicted octanol–water partition coefficient (Wildman–Crippen LogP) is 1.74. The van der Waals surface area contributed by atoms with Crippen molar-refractivity contribution in [2.75, 3.05) is 5.73 Å². The van der Waals surface area contributed by atoms with Crippen molar-refractivity contribution in [3.05, 3.63) is 28.7 Å². The third kappa shape index (κ3) is 1.75. The number of nitrogens with zero attached hydrogens (tertiary/aromatic N) is 4. The number of anilines is 1. The van der Waals surface area contributed by atoms with Gasteiger partial charge in [0.25, 0.3) is 5.95 Å². The lowest BCUT2D eigenvalue weighted by molar-refractivity contribution is 0.668. The third-order valence-corrected chi connectivity index (χ3v) is 3.36. The Kier molecular flexibility index (Phi) is 2.54. The Morgan fingerprint density at radius 1 is 1.11 bits per heavy atom. The van der Waals surface area contributed by atoms with E-state index in [1.54, 1.807) is 4.68 Å². The first-order valence-electron chi connectivity index (χ1n) is 6.34. The molecule has 5 heteroatoms. The summed E-state index contributed by atoms with van der Waals surface area (Å²) >= 11 is 0. The van der Waals surface area contributed by atoms with E-state index in [0.717, 1.165) is 29.9 Å². The van der Waals surface area contributed by atoms with Crippen molar-refractivity contribution in [3.63, 3.8) is 0 Å². The standard InChI is InChI=1S/C13H17N5/c1-8-7-9(2)16-13(15-8)18-12(14)10-5-3-4-6-11(10)17-18/h7H,3-6,14H2,1-2H3. The zero-order valence-electron chi connectivity index (χ0n) is 10.8. The molecule has 0 spiro atoms. The molecule has 0 bridgehead atoms. The molecule has 0 saturated carbocycles. The molecule has 0 aromatic carbocycles. The van der Waals surface area contributed by atoms with Crippen molar-refractivity contribution >= 4 is 5.82 Å². The second-order valence-corrected chi connectivity index (χ2v) is 4.88. The van der Waals surface area contributed by atoms with Crippen LogP contribution in [0.3, 0.4) is 0 Å². The molecule has 0 saturated heterocycles. The summed E-state index contributed by atoms with van der Waals surface area (Å²) in [5, 5.41) is 4.57. The van der Waals surface area contributed by atoms with Crippen molar-refractivity contribution in [1.29, 1.82) is 0 Å². The molecule has 0 amide bonds. The number of rotatable bonds is 1. The Labute approximate surface area is 106 Å². The van der Waals surface area contributed by atoms with E-state index in [2.05, 4.69) is 15.1 Å².